The van der Waals surface area contributed by atoms with Crippen LogP contribution in [0.5, 0.6) is 0 Å². The highest BCUT2D eigenvalue weighted by Crippen LogP contribution is 2.52. The normalized spacial score (nSPS) is 18.7. The molecule has 0 aromatic heterocycles. The van der Waals surface area contributed by atoms with Crippen LogP contribution >= 0.6 is 0 Å². The Morgan fingerprint density at radius 1 is 0.479 bits per heavy atom. The summed E-state index contributed by atoms with van der Waals surface area (Å²) in [5.74, 6) is -0.180. The number of carboxylic acid groups (broad SMARTS) is 1. The molecule has 0 radical (unpaired) electrons. The molecule has 2 aliphatic carbocycles. The molecule has 10 rings (SSSR count). The number of carboxylic acids is 1. The zero-order valence-electron chi connectivity index (χ0n) is 88.2. The maximum Gasteiger partial charge on any atom is 0.306 e. The lowest BCUT2D eigenvalue weighted by Gasteiger charge is -2.30. The summed E-state index contributed by atoms with van der Waals surface area (Å²) in [5.41, 5.74) is 17.7. The Morgan fingerprint density at radius 2 is 0.887 bits per heavy atom. The van der Waals surface area contributed by atoms with Crippen molar-refractivity contribution < 1.29 is 126 Å². The van der Waals surface area contributed by atoms with Crippen molar-refractivity contribution in [3.05, 3.63) is 200 Å². The minimum absolute atomic E-state index is 0.0124. The van der Waals surface area contributed by atoms with Gasteiger partial charge >= 0.3 is 11.9 Å². The maximum atomic E-state index is 13.0. The van der Waals surface area contributed by atoms with E-state index in [1.807, 2.05) is 34.6 Å². The van der Waals surface area contributed by atoms with Crippen molar-refractivity contribution >= 4 is 66.3 Å². The molecular weight excluding hydrogens is 1850 g/mol. The number of aliphatic hydroxyl groups excluding tert-OH is 1. The summed E-state index contributed by atoms with van der Waals surface area (Å²) in [6, 6.07) is 22.7. The number of esters is 1. The van der Waals surface area contributed by atoms with Gasteiger partial charge in [-0.2, -0.15) is 13.0 Å². The Hall–Kier alpha value is -8.46. The lowest BCUT2D eigenvalue weighted by molar-refractivity contribution is -0.890. The van der Waals surface area contributed by atoms with Crippen LogP contribution in [0.3, 0.4) is 0 Å². The highest BCUT2D eigenvalue weighted by atomic mass is 32.2. The molecule has 1 saturated carbocycles. The van der Waals surface area contributed by atoms with Crippen molar-refractivity contribution in [2.24, 2.45) is 0 Å². The number of carbonyl (C=O) groups excluding carboxylic acids is 1. The van der Waals surface area contributed by atoms with Gasteiger partial charge in [-0.15, -0.1) is 0 Å². The van der Waals surface area contributed by atoms with Crippen molar-refractivity contribution in [1.82, 2.24) is 0 Å². The van der Waals surface area contributed by atoms with Gasteiger partial charge in [-0.05, 0) is 182 Å². The molecule has 32 heteroatoms. The number of nitrogens with zero attached hydrogens (tertiary/aromatic N) is 6. The van der Waals surface area contributed by atoms with E-state index < -0.39 is 42.6 Å². The van der Waals surface area contributed by atoms with Crippen molar-refractivity contribution in [3.8, 4) is 0 Å². The summed E-state index contributed by atoms with van der Waals surface area (Å²) in [6.45, 7) is 42.3. The van der Waals surface area contributed by atoms with E-state index in [2.05, 4.69) is 178 Å². The lowest BCUT2D eigenvalue weighted by Crippen LogP contribution is -2.41. The number of rotatable bonds is 59. The second-order valence-corrected chi connectivity index (χ2v) is 43.3. The predicted molar refractivity (Wildman–Crippen MR) is 554 cm³/mol. The number of methoxy groups -OCH3 is 4. The standard InChI is InChI=1S/C56H83N3O12S.C54H79N3O12S/c1-42-17-21-48-46(40-42)55(5,6)50(58(48)27-30-67-36-38-69-34-32-65-9)23-18-43-14-11-15-44(53(43)57(26-13-29-60)25-12-16-52(61)71-54(2,3)4)19-24-51-56(7,8)47-41-45(72(62,63)64)20-22-49(47)59(51)28-31-68-37-39-70-35-33-66-10;1-41-16-20-47-45(39-41)53(2,3)49(55(47)24-29-65-35-37-67-33-31-63-8)22-17-42-13-10-14-43(52(42)69-28-12-27-57(6,7)26-11-15-51(58)59)18-23-50-54(4,5)46-40-44(70(60,61)62)19-21-48(46)56(50)25-30-66-36-38-68-34-32-64-9/h17-24,40-41,60H,11-16,25-39H2,1-10H3;16-23,39-40H,10-15,24-38H2,1-9H3/p+2. The highest BCUT2D eigenvalue weighted by Gasteiger charge is 2.47. The van der Waals surface area contributed by atoms with Crippen molar-refractivity contribution in [3.63, 3.8) is 0 Å². The van der Waals surface area contributed by atoms with Crippen LogP contribution in [-0.2, 0) is 118 Å². The van der Waals surface area contributed by atoms with E-state index in [0.717, 1.165) is 137 Å². The molecule has 0 atom stereocenters. The molecule has 4 aromatic rings. The third-order valence-corrected chi connectivity index (χ3v) is 28.3. The SMILES string of the molecule is COCCOCCOCCN1C(=CC=C2CCC/C(=C\C=C3\N(CCOCCOCCOC)c4ccc(S(=O)(=O)O)cc4C3(C)C)C2=[N+](CCCO)CCCC(=O)OC(C)(C)C)C(C)(C)c2cc(C)ccc21.COCCOCCOCCN1C(=CC=C2CCCC(C=CC3=[N+](CCOCCOCCOC)c4ccc(S(=O)(=O)[O-])cc4C3(C)C)=C2OCCC[N+](C)(C)CCCC(=O)O)C(C)(C)c2cc(C)ccc21. The summed E-state index contributed by atoms with van der Waals surface area (Å²) in [5, 5.41) is 19.5. The molecule has 142 heavy (non-hydrogen) atoms. The van der Waals surface area contributed by atoms with Crippen LogP contribution in [0.4, 0.5) is 22.7 Å². The van der Waals surface area contributed by atoms with Crippen molar-refractivity contribution in [2.45, 2.75) is 204 Å². The van der Waals surface area contributed by atoms with Gasteiger partial charge < -0.3 is 100 Å². The first-order valence-corrected chi connectivity index (χ1v) is 53.2. The monoisotopic (exact) mass is 2020 g/mol. The second-order valence-electron chi connectivity index (χ2n) is 40.5. The largest absolute Gasteiger partial charge is 0.744 e. The number of allylic oxidation sites excluding steroid dienone is 15. The first-order chi connectivity index (χ1) is 67.5. The molecule has 30 nitrogen and oxygen atoms in total. The highest BCUT2D eigenvalue weighted by molar-refractivity contribution is 7.86. The van der Waals surface area contributed by atoms with Crippen LogP contribution in [0, 0.1) is 13.8 Å². The molecule has 1 fully saturated rings. The molecule has 0 saturated heterocycles. The molecule has 6 aliphatic rings. The van der Waals surface area contributed by atoms with Crippen LogP contribution in [0.1, 0.15) is 187 Å². The van der Waals surface area contributed by atoms with Gasteiger partial charge in [0.1, 0.15) is 41.2 Å². The van der Waals surface area contributed by atoms with E-state index in [4.69, 9.17) is 66.3 Å². The van der Waals surface area contributed by atoms with Crippen LogP contribution in [0.15, 0.2) is 176 Å². The fourth-order valence-corrected chi connectivity index (χ4v) is 20.3. The van der Waals surface area contributed by atoms with Gasteiger partial charge in [0.25, 0.3) is 10.1 Å². The number of ether oxygens (including phenoxy) is 14. The van der Waals surface area contributed by atoms with Crippen LogP contribution in [-0.4, -0.2) is 319 Å². The molecule has 4 aromatic carbocycles. The molecule has 4 heterocycles. The summed E-state index contributed by atoms with van der Waals surface area (Å²) in [6.07, 6.45) is 25.6. The van der Waals surface area contributed by atoms with Gasteiger partial charge in [0.05, 0.1) is 187 Å². The van der Waals surface area contributed by atoms with Gasteiger partial charge in [0.2, 0.25) is 11.4 Å². The molecular formula is C110H164N6O24S2+2. The fraction of sp³-hybridized carbons (Fsp3) is 0.600. The number of anilines is 3. The number of aryl methyl sites for hydroxylation is 2. The summed E-state index contributed by atoms with van der Waals surface area (Å²) in [7, 11) is 1.69. The number of fused-ring (bicyclic) bond motifs is 4. The van der Waals surface area contributed by atoms with Gasteiger partial charge in [-0.3, -0.25) is 14.1 Å². The first-order valence-electron chi connectivity index (χ1n) is 50.3. The third-order valence-electron chi connectivity index (χ3n) is 26.6. The number of aliphatic hydroxyl groups is 1. The Balaban J connectivity index is 0.000000317. The Morgan fingerprint density at radius 3 is 1.34 bits per heavy atom. The number of benzene rings is 4. The van der Waals surface area contributed by atoms with E-state index >= 15 is 0 Å². The number of quaternary nitrogens is 1. The maximum absolute atomic E-state index is 13.0. The number of hydrogen-bond acceptors (Lipinski definition) is 25. The molecule has 0 spiro atoms. The molecule has 3 N–H and O–H groups in total. The van der Waals surface area contributed by atoms with Gasteiger partial charge in [-0.25, -0.2) is 13.0 Å². The number of carbonyl (C=O) groups is 2. The summed E-state index contributed by atoms with van der Waals surface area (Å²) >= 11 is 0. The van der Waals surface area contributed by atoms with Crippen molar-refractivity contribution in [2.75, 3.05) is 255 Å². The lowest BCUT2D eigenvalue weighted by atomic mass is 9.81. The molecule has 4 aliphatic heterocycles. The Bertz CT molecular complexity index is 5400. The van der Waals surface area contributed by atoms with Crippen LogP contribution in [0.2, 0.25) is 0 Å². The Kier molecular flexibility index (Phi) is 46.1. The molecule has 0 amide bonds. The minimum Gasteiger partial charge on any atom is -0.744 e. The fourth-order valence-electron chi connectivity index (χ4n) is 19.3. The predicted octanol–water partition coefficient (Wildman–Crippen LogP) is 15.8. The zero-order valence-corrected chi connectivity index (χ0v) is 89.8. The minimum atomic E-state index is -4.69. The van der Waals surface area contributed by atoms with E-state index in [1.165, 1.54) is 51.8 Å². The quantitative estimate of drug-likeness (QED) is 0.0121. The van der Waals surface area contributed by atoms with E-state index in [9.17, 15) is 45.7 Å². The third kappa shape index (κ3) is 33.8. The number of hydrogen-bond donors (Lipinski definition) is 3. The Labute approximate surface area is 846 Å². The smallest absolute Gasteiger partial charge is 0.306 e. The number of aliphatic carboxylic acids is 1. The topological polar surface area (TPSA) is 331 Å². The van der Waals surface area contributed by atoms with Gasteiger partial charge in [0.15, 0.2) is 12.3 Å². The van der Waals surface area contributed by atoms with E-state index in [0.29, 0.717) is 202 Å². The first kappa shape index (κ1) is 117. The van der Waals surface area contributed by atoms with E-state index in [-0.39, 0.29) is 46.0 Å². The van der Waals surface area contributed by atoms with Gasteiger partial charge in [0, 0.05) is 160 Å². The second kappa shape index (κ2) is 55.9. The van der Waals surface area contributed by atoms with Gasteiger partial charge in [-0.1, -0.05) is 95.2 Å². The molecule has 0 unspecified atom stereocenters. The van der Waals surface area contributed by atoms with Crippen LogP contribution < -0.4 is 14.7 Å². The van der Waals surface area contributed by atoms with E-state index in [1.54, 1.807) is 46.6 Å². The van der Waals surface area contributed by atoms with Crippen molar-refractivity contribution in [1.29, 1.82) is 0 Å². The average molecular weight is 2020 g/mol. The zero-order chi connectivity index (χ0) is 103. The molecule has 788 valence electrons. The van der Waals surface area contributed by atoms with Crippen LogP contribution in [0.25, 0.3) is 0 Å². The summed E-state index contributed by atoms with van der Waals surface area (Å²) < 4.78 is 157. The summed E-state index contributed by atoms with van der Waals surface area (Å²) in [4.78, 5) is 30.8. The molecule has 0 bridgehead atoms. The average Bonchev–Trinajstić information content (AvgIpc) is 1.61.